The van der Waals surface area contributed by atoms with Crippen molar-refractivity contribution in [3.63, 3.8) is 0 Å². The Morgan fingerprint density at radius 3 is 2.54 bits per heavy atom. The molecular formula is C24H28N4O7. The van der Waals surface area contributed by atoms with E-state index in [1.54, 1.807) is 47.4 Å². The molecule has 1 saturated heterocycles. The third-order valence-corrected chi connectivity index (χ3v) is 4.92. The molecule has 1 fully saturated rings. The molecule has 3 rings (SSSR count). The average Bonchev–Trinajstić information content (AvgIpc) is 2.89. The lowest BCUT2D eigenvalue weighted by Gasteiger charge is -2.26. The maximum absolute atomic E-state index is 12.3. The first-order valence-corrected chi connectivity index (χ1v) is 11.0. The summed E-state index contributed by atoms with van der Waals surface area (Å²) in [5.74, 6) is -0.712. The molecule has 11 nitrogen and oxygen atoms in total. The van der Waals surface area contributed by atoms with E-state index in [0.717, 1.165) is 0 Å². The third-order valence-electron chi connectivity index (χ3n) is 4.92. The molecule has 3 amide bonds. The number of hydrogen-bond donors (Lipinski definition) is 2. The molecule has 2 aromatic carbocycles. The number of hydrogen-bond acceptors (Lipinski definition) is 8. The van der Waals surface area contributed by atoms with Crippen molar-refractivity contribution in [3.05, 3.63) is 48.0 Å². The van der Waals surface area contributed by atoms with Gasteiger partial charge >= 0.3 is 11.8 Å². The first kappa shape index (κ1) is 25.5. The highest BCUT2D eigenvalue weighted by molar-refractivity contribution is 6.39. The Hall–Kier alpha value is -4.12. The summed E-state index contributed by atoms with van der Waals surface area (Å²) in [6.45, 7) is 4.20. The van der Waals surface area contributed by atoms with E-state index in [9.17, 15) is 14.4 Å². The van der Waals surface area contributed by atoms with Gasteiger partial charge in [0.25, 0.3) is 5.91 Å². The minimum absolute atomic E-state index is 0.120. The number of nitrogens with zero attached hydrogens (tertiary/aromatic N) is 2. The second kappa shape index (κ2) is 12.9. The Morgan fingerprint density at radius 1 is 1.03 bits per heavy atom. The molecule has 0 spiro atoms. The van der Waals surface area contributed by atoms with Crippen molar-refractivity contribution in [1.29, 1.82) is 0 Å². The SMILES string of the molecule is CCOc1cc(/C=N\NC(=O)C(=O)Nc2ccccc2OC)ccc1OCC(=O)N1CCOCC1. The number of benzene rings is 2. The number of anilines is 1. The van der Waals surface area contributed by atoms with Crippen molar-refractivity contribution >= 4 is 29.6 Å². The van der Waals surface area contributed by atoms with Crippen LogP contribution in [0.5, 0.6) is 17.2 Å². The molecule has 1 heterocycles. The molecule has 11 heteroatoms. The average molecular weight is 485 g/mol. The lowest BCUT2D eigenvalue weighted by Crippen LogP contribution is -2.43. The van der Waals surface area contributed by atoms with Crippen molar-refractivity contribution in [3.8, 4) is 17.2 Å². The molecule has 0 saturated carbocycles. The zero-order valence-corrected chi connectivity index (χ0v) is 19.6. The van der Waals surface area contributed by atoms with E-state index in [2.05, 4.69) is 15.8 Å². The second-order valence-corrected chi connectivity index (χ2v) is 7.27. The summed E-state index contributed by atoms with van der Waals surface area (Å²) in [6, 6.07) is 11.7. The predicted octanol–water partition coefficient (Wildman–Crippen LogP) is 1.42. The van der Waals surface area contributed by atoms with E-state index < -0.39 is 11.8 Å². The number of para-hydroxylation sites is 2. The van der Waals surface area contributed by atoms with E-state index in [1.807, 2.05) is 6.92 Å². The third kappa shape index (κ3) is 7.44. The zero-order chi connectivity index (χ0) is 25.0. The minimum atomic E-state index is -0.946. The molecule has 0 bridgehead atoms. The van der Waals surface area contributed by atoms with Gasteiger partial charge in [-0.25, -0.2) is 5.43 Å². The van der Waals surface area contributed by atoms with E-state index in [0.29, 0.717) is 61.4 Å². The van der Waals surface area contributed by atoms with Gasteiger partial charge in [0.2, 0.25) is 0 Å². The number of carbonyl (C=O) groups excluding carboxylic acids is 3. The van der Waals surface area contributed by atoms with Crippen molar-refractivity contribution in [1.82, 2.24) is 10.3 Å². The van der Waals surface area contributed by atoms with E-state index in [-0.39, 0.29) is 12.5 Å². The largest absolute Gasteiger partial charge is 0.495 e. The second-order valence-electron chi connectivity index (χ2n) is 7.27. The van der Waals surface area contributed by atoms with Gasteiger partial charge < -0.3 is 29.2 Å². The highest BCUT2D eigenvalue weighted by Crippen LogP contribution is 2.28. The smallest absolute Gasteiger partial charge is 0.329 e. The molecule has 0 unspecified atom stereocenters. The summed E-state index contributed by atoms with van der Waals surface area (Å²) >= 11 is 0. The number of rotatable bonds is 9. The number of amides is 3. The quantitative estimate of drug-likeness (QED) is 0.313. The fourth-order valence-corrected chi connectivity index (χ4v) is 3.18. The summed E-state index contributed by atoms with van der Waals surface area (Å²) in [4.78, 5) is 38.2. The number of hydrazone groups is 1. The van der Waals surface area contributed by atoms with Gasteiger partial charge in [-0.15, -0.1) is 0 Å². The number of morpholine rings is 1. The monoisotopic (exact) mass is 484 g/mol. The first-order chi connectivity index (χ1) is 17.0. The fourth-order valence-electron chi connectivity index (χ4n) is 3.18. The van der Waals surface area contributed by atoms with Crippen molar-refractivity contribution in [2.45, 2.75) is 6.92 Å². The van der Waals surface area contributed by atoms with Crippen LogP contribution in [0.4, 0.5) is 5.69 Å². The van der Waals surface area contributed by atoms with Crippen molar-refractivity contribution < 1.29 is 33.3 Å². The molecule has 0 aromatic heterocycles. The molecule has 2 N–H and O–H groups in total. The van der Waals surface area contributed by atoms with Gasteiger partial charge in [0, 0.05) is 13.1 Å². The molecule has 1 aliphatic heterocycles. The molecule has 1 aliphatic rings. The van der Waals surface area contributed by atoms with Crippen LogP contribution >= 0.6 is 0 Å². The van der Waals surface area contributed by atoms with Crippen LogP contribution in [0.3, 0.4) is 0 Å². The van der Waals surface area contributed by atoms with Crippen LogP contribution < -0.4 is 25.0 Å². The molecule has 186 valence electrons. The standard InChI is InChI=1S/C24H28N4O7/c1-3-34-21-14-17(8-9-20(21)35-16-22(29)28-10-12-33-13-11-28)15-25-27-24(31)23(30)26-18-6-4-5-7-19(18)32-2/h4-9,14-15H,3,10-13,16H2,1-2H3,(H,26,30)(H,27,31)/b25-15-. The maximum Gasteiger partial charge on any atom is 0.329 e. The lowest BCUT2D eigenvalue weighted by atomic mass is 10.2. The Balaban J connectivity index is 1.56. The number of methoxy groups -OCH3 is 1. The van der Waals surface area contributed by atoms with Crippen LogP contribution in [0.2, 0.25) is 0 Å². The summed E-state index contributed by atoms with van der Waals surface area (Å²) in [7, 11) is 1.46. The highest BCUT2D eigenvalue weighted by Gasteiger charge is 2.18. The van der Waals surface area contributed by atoms with Gasteiger partial charge in [-0.3, -0.25) is 14.4 Å². The Morgan fingerprint density at radius 2 is 1.80 bits per heavy atom. The van der Waals surface area contributed by atoms with Crippen molar-refractivity contribution in [2.75, 3.05) is 51.9 Å². The maximum atomic E-state index is 12.3. The normalized spacial score (nSPS) is 13.3. The lowest BCUT2D eigenvalue weighted by molar-refractivity contribution is -0.137. The van der Waals surface area contributed by atoms with E-state index in [4.69, 9.17) is 18.9 Å². The minimum Gasteiger partial charge on any atom is -0.495 e. The van der Waals surface area contributed by atoms with E-state index >= 15 is 0 Å². The van der Waals surface area contributed by atoms with Gasteiger partial charge in [-0.1, -0.05) is 12.1 Å². The number of ether oxygens (including phenoxy) is 4. The summed E-state index contributed by atoms with van der Waals surface area (Å²) in [6.07, 6.45) is 1.36. The van der Waals surface area contributed by atoms with Crippen LogP contribution in [-0.2, 0) is 19.1 Å². The highest BCUT2D eigenvalue weighted by atomic mass is 16.5. The van der Waals surface area contributed by atoms with Gasteiger partial charge in [0.15, 0.2) is 18.1 Å². The number of carbonyl (C=O) groups is 3. The number of nitrogens with one attached hydrogen (secondary N) is 2. The first-order valence-electron chi connectivity index (χ1n) is 11.0. The van der Waals surface area contributed by atoms with Gasteiger partial charge in [0.05, 0.1) is 38.8 Å². The van der Waals surface area contributed by atoms with Crippen LogP contribution in [0.15, 0.2) is 47.6 Å². The summed E-state index contributed by atoms with van der Waals surface area (Å²) in [5, 5.41) is 6.29. The van der Waals surface area contributed by atoms with E-state index in [1.165, 1.54) is 13.3 Å². The van der Waals surface area contributed by atoms with Crippen molar-refractivity contribution in [2.24, 2.45) is 5.10 Å². The van der Waals surface area contributed by atoms with Gasteiger partial charge in [0.1, 0.15) is 5.75 Å². The summed E-state index contributed by atoms with van der Waals surface area (Å²) < 4.78 is 21.7. The molecule has 0 atom stereocenters. The molecular weight excluding hydrogens is 456 g/mol. The molecule has 0 radical (unpaired) electrons. The molecule has 2 aromatic rings. The Bertz CT molecular complexity index is 1070. The summed E-state index contributed by atoms with van der Waals surface area (Å²) in [5.41, 5.74) is 3.13. The van der Waals surface area contributed by atoms with Crippen LogP contribution in [0, 0.1) is 0 Å². The van der Waals surface area contributed by atoms with Gasteiger partial charge in [-0.2, -0.15) is 5.10 Å². The topological polar surface area (TPSA) is 128 Å². The van der Waals surface area contributed by atoms with Crippen LogP contribution in [0.1, 0.15) is 12.5 Å². The predicted molar refractivity (Wildman–Crippen MR) is 128 cm³/mol. The fraction of sp³-hybridized carbons (Fsp3) is 0.333. The Kier molecular flexibility index (Phi) is 9.43. The molecule has 35 heavy (non-hydrogen) atoms. The van der Waals surface area contributed by atoms with Crippen LogP contribution in [0.25, 0.3) is 0 Å². The van der Waals surface area contributed by atoms with Crippen LogP contribution in [-0.4, -0.2) is 75.5 Å². The Labute approximate surface area is 203 Å². The molecule has 0 aliphatic carbocycles. The van der Waals surface area contributed by atoms with Gasteiger partial charge in [-0.05, 0) is 42.8 Å². The zero-order valence-electron chi connectivity index (χ0n) is 19.6.